The van der Waals surface area contributed by atoms with Crippen molar-refractivity contribution in [1.82, 2.24) is 15.5 Å². The summed E-state index contributed by atoms with van der Waals surface area (Å²) in [5, 5.41) is 6.59. The molecule has 1 amide bonds. The predicted molar refractivity (Wildman–Crippen MR) is 134 cm³/mol. The molecule has 0 aliphatic carbocycles. The first-order chi connectivity index (χ1) is 14.0. The van der Waals surface area contributed by atoms with Gasteiger partial charge >= 0.3 is 0 Å². The number of carbonyl (C=O) groups excluding carboxylic acids is 1. The Bertz CT molecular complexity index is 807. The Morgan fingerprint density at radius 3 is 2.40 bits per heavy atom. The number of hydrogen-bond acceptors (Lipinski definition) is 3. The second kappa shape index (κ2) is 13.8. The zero-order valence-electron chi connectivity index (χ0n) is 18.3. The van der Waals surface area contributed by atoms with Gasteiger partial charge in [-0.05, 0) is 49.6 Å². The Morgan fingerprint density at radius 2 is 1.77 bits per heavy atom. The minimum atomic E-state index is 0. The van der Waals surface area contributed by atoms with Crippen LogP contribution in [0.4, 0.5) is 0 Å². The summed E-state index contributed by atoms with van der Waals surface area (Å²) in [5.41, 5.74) is 2.88. The zero-order chi connectivity index (χ0) is 21.1. The third kappa shape index (κ3) is 8.61. The van der Waals surface area contributed by atoms with Crippen molar-refractivity contribution in [1.29, 1.82) is 0 Å². The molecule has 0 saturated heterocycles. The summed E-state index contributed by atoms with van der Waals surface area (Å²) in [6.07, 6.45) is 0.875. The lowest BCUT2D eigenvalue weighted by molar-refractivity contribution is 0.0827. The van der Waals surface area contributed by atoms with Crippen LogP contribution >= 0.6 is 24.0 Å². The average molecular weight is 524 g/mol. The van der Waals surface area contributed by atoms with Gasteiger partial charge in [0.05, 0.1) is 13.2 Å². The summed E-state index contributed by atoms with van der Waals surface area (Å²) in [6.45, 7) is 6.85. The van der Waals surface area contributed by atoms with Crippen LogP contribution in [0.5, 0.6) is 5.75 Å². The molecule has 6 nitrogen and oxygen atoms in total. The van der Waals surface area contributed by atoms with Crippen LogP contribution in [0.25, 0.3) is 0 Å². The lowest BCUT2D eigenvalue weighted by Gasteiger charge is -2.13. The molecule has 0 fully saturated rings. The van der Waals surface area contributed by atoms with E-state index in [2.05, 4.69) is 15.6 Å². The minimum Gasteiger partial charge on any atom is -0.493 e. The van der Waals surface area contributed by atoms with E-state index in [1.165, 1.54) is 0 Å². The third-order valence-electron chi connectivity index (χ3n) is 4.34. The predicted octanol–water partition coefficient (Wildman–Crippen LogP) is 3.84. The molecule has 0 heterocycles. The van der Waals surface area contributed by atoms with Crippen molar-refractivity contribution in [3.8, 4) is 5.75 Å². The van der Waals surface area contributed by atoms with Crippen LogP contribution < -0.4 is 15.4 Å². The maximum Gasteiger partial charge on any atom is 0.253 e. The number of nitrogens with zero attached hydrogens (tertiary/aromatic N) is 2. The highest BCUT2D eigenvalue weighted by Gasteiger charge is 2.07. The van der Waals surface area contributed by atoms with Gasteiger partial charge in [-0.15, -0.1) is 24.0 Å². The topological polar surface area (TPSA) is 66.0 Å². The normalized spacial score (nSPS) is 10.7. The van der Waals surface area contributed by atoms with Gasteiger partial charge < -0.3 is 20.3 Å². The zero-order valence-corrected chi connectivity index (χ0v) is 20.6. The average Bonchev–Trinajstić information content (AvgIpc) is 2.72. The van der Waals surface area contributed by atoms with E-state index in [0.29, 0.717) is 18.7 Å². The summed E-state index contributed by atoms with van der Waals surface area (Å²) < 4.78 is 5.82. The first-order valence-corrected chi connectivity index (χ1v) is 10.0. The van der Waals surface area contributed by atoms with Crippen molar-refractivity contribution in [2.24, 2.45) is 4.99 Å². The van der Waals surface area contributed by atoms with E-state index < -0.39 is 0 Å². The standard InChI is InChI=1S/C23H32N4O2.HI/c1-5-24-23(25-15-8-16-29-21-10-7-6-9-18(21)2)26-17-19-11-13-20(14-12-19)22(28)27(3)4;/h6-7,9-14H,5,8,15-17H2,1-4H3,(H2,24,25,26);1H. The van der Waals surface area contributed by atoms with E-state index >= 15 is 0 Å². The van der Waals surface area contributed by atoms with Gasteiger partial charge in [0.2, 0.25) is 0 Å². The van der Waals surface area contributed by atoms with Crippen molar-refractivity contribution in [2.45, 2.75) is 26.8 Å². The first-order valence-electron chi connectivity index (χ1n) is 10.0. The molecule has 2 rings (SSSR count). The fourth-order valence-corrected chi connectivity index (χ4v) is 2.70. The van der Waals surface area contributed by atoms with Crippen molar-refractivity contribution >= 4 is 35.8 Å². The smallest absolute Gasteiger partial charge is 0.253 e. The minimum absolute atomic E-state index is 0. The third-order valence-corrected chi connectivity index (χ3v) is 4.34. The summed E-state index contributed by atoms with van der Waals surface area (Å²) in [5.74, 6) is 1.71. The van der Waals surface area contributed by atoms with Gasteiger partial charge in [-0.2, -0.15) is 0 Å². The van der Waals surface area contributed by atoms with Crippen LogP contribution in [0.3, 0.4) is 0 Å². The number of aryl methyl sites for hydroxylation is 1. The summed E-state index contributed by atoms with van der Waals surface area (Å²) >= 11 is 0. The molecule has 0 aliphatic heterocycles. The first kappa shape index (κ1) is 25.7. The fraction of sp³-hybridized carbons (Fsp3) is 0.391. The Labute approximate surface area is 197 Å². The number of aliphatic imine (C=N–C) groups is 1. The molecule has 2 aromatic rings. The second-order valence-electron chi connectivity index (χ2n) is 6.99. The molecule has 0 aromatic heterocycles. The van der Waals surface area contributed by atoms with Gasteiger partial charge in [0.1, 0.15) is 5.75 Å². The molecule has 164 valence electrons. The van der Waals surface area contributed by atoms with Crippen LogP contribution in [0.2, 0.25) is 0 Å². The number of rotatable bonds is 9. The van der Waals surface area contributed by atoms with Crippen LogP contribution in [-0.2, 0) is 6.54 Å². The molecular formula is C23H33IN4O2. The number of ether oxygens (including phenoxy) is 1. The van der Waals surface area contributed by atoms with E-state index in [9.17, 15) is 4.79 Å². The maximum atomic E-state index is 12.0. The summed E-state index contributed by atoms with van der Waals surface area (Å²) in [4.78, 5) is 18.1. The van der Waals surface area contributed by atoms with Crippen LogP contribution in [0, 0.1) is 6.92 Å². The van der Waals surface area contributed by atoms with Gasteiger partial charge in [0.15, 0.2) is 5.96 Å². The van der Waals surface area contributed by atoms with Gasteiger partial charge in [-0.1, -0.05) is 30.3 Å². The van der Waals surface area contributed by atoms with E-state index in [-0.39, 0.29) is 29.9 Å². The molecule has 0 radical (unpaired) electrons. The highest BCUT2D eigenvalue weighted by molar-refractivity contribution is 14.0. The molecule has 2 N–H and O–H groups in total. The van der Waals surface area contributed by atoms with Gasteiger partial charge in [0.25, 0.3) is 5.91 Å². The van der Waals surface area contributed by atoms with Crippen molar-refractivity contribution in [3.05, 3.63) is 65.2 Å². The number of nitrogens with one attached hydrogen (secondary N) is 2. The van der Waals surface area contributed by atoms with E-state index in [0.717, 1.165) is 42.3 Å². The molecule has 0 unspecified atom stereocenters. The maximum absolute atomic E-state index is 12.0. The molecule has 30 heavy (non-hydrogen) atoms. The number of para-hydroxylation sites is 1. The SMILES string of the molecule is CCNC(=NCc1ccc(C(=O)N(C)C)cc1)NCCCOc1ccccc1C.I. The van der Waals surface area contributed by atoms with Crippen LogP contribution in [-0.4, -0.2) is 50.6 Å². The number of hydrogen-bond donors (Lipinski definition) is 2. The Balaban J connectivity index is 0.00000450. The van der Waals surface area contributed by atoms with Crippen LogP contribution in [0.1, 0.15) is 34.8 Å². The number of benzene rings is 2. The molecule has 2 aromatic carbocycles. The van der Waals surface area contributed by atoms with Gasteiger partial charge in [-0.3, -0.25) is 4.79 Å². The monoisotopic (exact) mass is 524 g/mol. The van der Waals surface area contributed by atoms with Gasteiger partial charge in [-0.25, -0.2) is 4.99 Å². The fourth-order valence-electron chi connectivity index (χ4n) is 2.70. The number of carbonyl (C=O) groups is 1. The lowest BCUT2D eigenvalue weighted by atomic mass is 10.1. The molecular weight excluding hydrogens is 491 g/mol. The second-order valence-corrected chi connectivity index (χ2v) is 6.99. The van der Waals surface area contributed by atoms with E-state index in [1.54, 1.807) is 19.0 Å². The molecule has 0 spiro atoms. The molecule has 0 bridgehead atoms. The quantitative estimate of drug-likeness (QED) is 0.227. The highest BCUT2D eigenvalue weighted by Crippen LogP contribution is 2.16. The molecule has 0 atom stereocenters. The molecule has 0 aliphatic rings. The largest absolute Gasteiger partial charge is 0.493 e. The van der Waals surface area contributed by atoms with Crippen molar-refractivity contribution in [2.75, 3.05) is 33.8 Å². The van der Waals surface area contributed by atoms with Crippen LogP contribution in [0.15, 0.2) is 53.5 Å². The summed E-state index contributed by atoms with van der Waals surface area (Å²) in [7, 11) is 3.50. The number of amides is 1. The number of guanidine groups is 1. The Morgan fingerprint density at radius 1 is 1.07 bits per heavy atom. The Kier molecular flexibility index (Phi) is 11.9. The molecule has 0 saturated carbocycles. The Hall–Kier alpha value is -2.29. The highest BCUT2D eigenvalue weighted by atomic mass is 127. The molecule has 7 heteroatoms. The van der Waals surface area contributed by atoms with Gasteiger partial charge in [0, 0.05) is 32.7 Å². The van der Waals surface area contributed by atoms with E-state index in [4.69, 9.17) is 4.74 Å². The van der Waals surface area contributed by atoms with Crippen molar-refractivity contribution in [3.63, 3.8) is 0 Å². The lowest BCUT2D eigenvalue weighted by Crippen LogP contribution is -2.38. The summed E-state index contributed by atoms with van der Waals surface area (Å²) in [6, 6.07) is 15.6. The van der Waals surface area contributed by atoms with E-state index in [1.807, 2.05) is 62.4 Å². The van der Waals surface area contributed by atoms with Crippen molar-refractivity contribution < 1.29 is 9.53 Å². The number of halogens is 1.